The van der Waals surface area contributed by atoms with Crippen molar-refractivity contribution in [2.45, 2.75) is 84.1 Å². The summed E-state index contributed by atoms with van der Waals surface area (Å²) in [7, 11) is 0. The Morgan fingerprint density at radius 1 is 1.04 bits per heavy atom. The Kier molecular flexibility index (Phi) is 6.60. The van der Waals surface area contributed by atoms with Crippen molar-refractivity contribution in [1.82, 2.24) is 0 Å². The van der Waals surface area contributed by atoms with E-state index in [0.29, 0.717) is 0 Å². The molecule has 0 aromatic carbocycles. The van der Waals surface area contributed by atoms with Crippen LogP contribution in [0, 0.1) is 5.92 Å². The third-order valence-electron chi connectivity index (χ3n) is 3.45. The molecule has 1 aliphatic rings. The van der Waals surface area contributed by atoms with Gasteiger partial charge in [-0.05, 0) is 40.5 Å². The van der Waals surface area contributed by atoms with E-state index in [2.05, 4.69) is 0 Å². The number of esters is 2. The molecular formula is C17H25F2O8-. The minimum absolute atomic E-state index is 0.899. The lowest BCUT2D eigenvalue weighted by Gasteiger charge is -2.31. The SMILES string of the molecule is CC(C)C(OC(=O)C1OC(C)(C)OC1C(=O)OC(C)(C)C)C(F)(F)C(=O)[O-]. The van der Waals surface area contributed by atoms with Crippen LogP contribution in [0.2, 0.25) is 0 Å². The van der Waals surface area contributed by atoms with Gasteiger partial charge in [0.05, 0.1) is 0 Å². The maximum Gasteiger partial charge on any atom is 0.339 e. The fourth-order valence-electron chi connectivity index (χ4n) is 2.40. The van der Waals surface area contributed by atoms with E-state index in [1.54, 1.807) is 20.8 Å². The van der Waals surface area contributed by atoms with Crippen LogP contribution in [0.4, 0.5) is 8.78 Å². The van der Waals surface area contributed by atoms with Gasteiger partial charge in [0, 0.05) is 0 Å². The lowest BCUT2D eigenvalue weighted by molar-refractivity contribution is -0.338. The Bertz CT molecular complexity index is 594. The number of aliphatic carboxylic acids is 1. The summed E-state index contributed by atoms with van der Waals surface area (Å²) in [5.41, 5.74) is -0.899. The Hall–Kier alpha value is -1.81. The van der Waals surface area contributed by atoms with Crippen LogP contribution < -0.4 is 5.11 Å². The third kappa shape index (κ3) is 5.83. The normalized spacial score (nSPS) is 23.8. The maximum absolute atomic E-state index is 13.8. The monoisotopic (exact) mass is 395 g/mol. The average molecular weight is 395 g/mol. The van der Waals surface area contributed by atoms with Crippen molar-refractivity contribution < 1.29 is 47.2 Å². The Labute approximate surface area is 156 Å². The van der Waals surface area contributed by atoms with Crippen LogP contribution >= 0.6 is 0 Å². The lowest BCUT2D eigenvalue weighted by atomic mass is 10.0. The molecule has 8 nitrogen and oxygen atoms in total. The number of carbonyl (C=O) groups excluding carboxylic acids is 3. The highest BCUT2D eigenvalue weighted by Gasteiger charge is 2.54. The van der Waals surface area contributed by atoms with Gasteiger partial charge < -0.3 is 28.8 Å². The van der Waals surface area contributed by atoms with E-state index in [1.807, 2.05) is 0 Å². The first-order chi connectivity index (χ1) is 12.0. The highest BCUT2D eigenvalue weighted by molar-refractivity contribution is 5.87. The van der Waals surface area contributed by atoms with Crippen molar-refractivity contribution in [3.8, 4) is 0 Å². The smallest absolute Gasteiger partial charge is 0.339 e. The molecule has 27 heavy (non-hydrogen) atoms. The van der Waals surface area contributed by atoms with Gasteiger partial charge in [-0.2, -0.15) is 8.78 Å². The fraction of sp³-hybridized carbons (Fsp3) is 0.824. The quantitative estimate of drug-likeness (QED) is 0.607. The minimum Gasteiger partial charge on any atom is -0.544 e. The van der Waals surface area contributed by atoms with Crippen molar-refractivity contribution in [2.24, 2.45) is 5.92 Å². The predicted molar refractivity (Wildman–Crippen MR) is 84.3 cm³/mol. The Morgan fingerprint density at radius 2 is 1.48 bits per heavy atom. The topological polar surface area (TPSA) is 111 Å². The van der Waals surface area contributed by atoms with Crippen molar-refractivity contribution >= 4 is 17.9 Å². The molecule has 1 aliphatic heterocycles. The van der Waals surface area contributed by atoms with Crippen molar-refractivity contribution in [3.63, 3.8) is 0 Å². The van der Waals surface area contributed by atoms with Gasteiger partial charge in [-0.1, -0.05) is 13.8 Å². The molecule has 1 saturated heterocycles. The molecule has 1 heterocycles. The van der Waals surface area contributed by atoms with E-state index < -0.39 is 59.4 Å². The van der Waals surface area contributed by atoms with Gasteiger partial charge in [-0.25, -0.2) is 9.59 Å². The number of halogens is 2. The number of carboxylic acid groups (broad SMARTS) is 1. The van der Waals surface area contributed by atoms with E-state index in [9.17, 15) is 28.3 Å². The van der Waals surface area contributed by atoms with Crippen molar-refractivity contribution in [3.05, 3.63) is 0 Å². The molecule has 156 valence electrons. The summed E-state index contributed by atoms with van der Waals surface area (Å²) in [5, 5.41) is 10.7. The first-order valence-corrected chi connectivity index (χ1v) is 8.36. The molecule has 0 aromatic rings. The second-order valence-electron chi connectivity index (χ2n) is 8.02. The van der Waals surface area contributed by atoms with Crippen LogP contribution in [-0.4, -0.2) is 53.5 Å². The third-order valence-corrected chi connectivity index (χ3v) is 3.45. The zero-order valence-corrected chi connectivity index (χ0v) is 16.3. The molecule has 0 aromatic heterocycles. The fourth-order valence-corrected chi connectivity index (χ4v) is 2.40. The van der Waals surface area contributed by atoms with E-state index in [-0.39, 0.29) is 0 Å². The highest BCUT2D eigenvalue weighted by atomic mass is 19.3. The molecule has 10 heteroatoms. The molecule has 1 rings (SSSR count). The Balaban J connectivity index is 3.07. The second kappa shape index (κ2) is 7.67. The first kappa shape index (κ1) is 23.2. The molecule has 0 spiro atoms. The van der Waals surface area contributed by atoms with Gasteiger partial charge in [0.1, 0.15) is 11.6 Å². The second-order valence-corrected chi connectivity index (χ2v) is 8.02. The van der Waals surface area contributed by atoms with E-state index in [4.69, 9.17) is 18.9 Å². The summed E-state index contributed by atoms with van der Waals surface area (Å²) in [6, 6.07) is 0. The summed E-state index contributed by atoms with van der Waals surface area (Å²) >= 11 is 0. The van der Waals surface area contributed by atoms with E-state index in [1.165, 1.54) is 27.7 Å². The zero-order valence-electron chi connectivity index (χ0n) is 16.3. The molecule has 0 N–H and O–H groups in total. The molecule has 1 fully saturated rings. The van der Waals surface area contributed by atoms with Crippen LogP contribution in [-0.2, 0) is 33.3 Å². The van der Waals surface area contributed by atoms with Crippen LogP contribution in [0.25, 0.3) is 0 Å². The summed E-state index contributed by atoms with van der Waals surface area (Å²) in [6.45, 7) is 10.1. The van der Waals surface area contributed by atoms with Crippen molar-refractivity contribution in [2.75, 3.05) is 0 Å². The van der Waals surface area contributed by atoms with Crippen LogP contribution in [0.3, 0.4) is 0 Å². The lowest BCUT2D eigenvalue weighted by Crippen LogP contribution is -2.54. The number of hydrogen-bond acceptors (Lipinski definition) is 8. The summed E-state index contributed by atoms with van der Waals surface area (Å²) in [6.07, 6.45) is -5.58. The number of carboxylic acids is 1. The molecule has 0 amide bonds. The summed E-state index contributed by atoms with van der Waals surface area (Å²) in [5.74, 6) is -11.9. The molecular weight excluding hydrogens is 370 g/mol. The zero-order chi connectivity index (χ0) is 21.4. The molecule has 0 radical (unpaired) electrons. The average Bonchev–Trinajstić information content (AvgIpc) is 2.78. The predicted octanol–water partition coefficient (Wildman–Crippen LogP) is 0.801. The standard InChI is InChI=1S/C17H26F2O8/c1-8(2)11(17(18,19)14(22)23)24-12(20)9-10(26-16(6,7)25-9)13(21)27-15(3,4)5/h8-11H,1-7H3,(H,22,23)/p-1. The van der Waals surface area contributed by atoms with Crippen LogP contribution in [0.15, 0.2) is 0 Å². The molecule has 3 atom stereocenters. The van der Waals surface area contributed by atoms with Crippen LogP contribution in [0.1, 0.15) is 48.5 Å². The number of ether oxygens (including phenoxy) is 4. The van der Waals surface area contributed by atoms with Gasteiger partial charge >= 0.3 is 17.9 Å². The first-order valence-electron chi connectivity index (χ1n) is 8.36. The van der Waals surface area contributed by atoms with Crippen molar-refractivity contribution in [1.29, 1.82) is 0 Å². The highest BCUT2D eigenvalue weighted by Crippen LogP contribution is 2.33. The van der Waals surface area contributed by atoms with E-state index in [0.717, 1.165) is 0 Å². The van der Waals surface area contributed by atoms with Gasteiger partial charge in [0.25, 0.3) is 0 Å². The molecule has 0 aliphatic carbocycles. The molecule has 0 bridgehead atoms. The number of carbonyl (C=O) groups is 3. The molecule has 0 saturated carbocycles. The maximum atomic E-state index is 13.8. The largest absolute Gasteiger partial charge is 0.544 e. The van der Waals surface area contributed by atoms with Gasteiger partial charge in [0.15, 0.2) is 24.1 Å². The summed E-state index contributed by atoms with van der Waals surface area (Å²) in [4.78, 5) is 35.4. The number of alkyl halides is 2. The minimum atomic E-state index is -4.43. The number of rotatable bonds is 6. The Morgan fingerprint density at radius 3 is 1.85 bits per heavy atom. The van der Waals surface area contributed by atoms with Gasteiger partial charge in [0.2, 0.25) is 0 Å². The van der Waals surface area contributed by atoms with E-state index >= 15 is 0 Å². The van der Waals surface area contributed by atoms with Gasteiger partial charge in [-0.3, -0.25) is 0 Å². The van der Waals surface area contributed by atoms with Gasteiger partial charge in [-0.15, -0.1) is 0 Å². The van der Waals surface area contributed by atoms with Crippen LogP contribution in [0.5, 0.6) is 0 Å². The number of hydrogen-bond donors (Lipinski definition) is 0. The molecule has 3 unspecified atom stereocenters. The summed E-state index contributed by atoms with van der Waals surface area (Å²) < 4.78 is 48.2.